The van der Waals surface area contributed by atoms with Crippen LogP contribution in [-0.4, -0.2) is 21.7 Å². The minimum absolute atomic E-state index is 0.0794. The van der Waals surface area contributed by atoms with Crippen molar-refractivity contribution in [3.05, 3.63) is 71.8 Å². The van der Waals surface area contributed by atoms with Crippen molar-refractivity contribution in [3.8, 4) is 0 Å². The Morgan fingerprint density at radius 3 is 2.05 bits per heavy atom. The van der Waals surface area contributed by atoms with Gasteiger partial charge in [0.25, 0.3) is 0 Å². The maximum atomic E-state index is 12.3. The number of rotatable bonds is 6. The molecule has 1 atom stereocenters. The monoisotopic (exact) mass is 315 g/mol. The van der Waals surface area contributed by atoms with Crippen LogP contribution in [0.15, 0.2) is 60.7 Å². The summed E-state index contributed by atoms with van der Waals surface area (Å²) in [7, 11) is 0. The quantitative estimate of drug-likeness (QED) is 0.633. The summed E-state index contributed by atoms with van der Waals surface area (Å²) in [5.41, 5.74) is 5.91. The molecular weight excluding hydrogens is 298 g/mol. The lowest BCUT2D eigenvalue weighted by atomic mass is 9.92. The molecule has 0 radical (unpaired) electrons. The average molecular weight is 315 g/mol. The number of hydrogen-bond acceptors (Lipinski definition) is 4. The Balaban J connectivity index is 2.09. The maximum Gasteiger partial charge on any atom is 0.335 e. The molecule has 0 aliphatic rings. The number of carbonyl (C=O) groups is 1. The third-order valence-electron chi connectivity index (χ3n) is 3.28. The average Bonchev–Trinajstić information content (AvgIpc) is 2.54. The molecule has 1 unspecified atom stereocenters. The predicted octanol–water partition coefficient (Wildman–Crippen LogP) is 2.56. The van der Waals surface area contributed by atoms with E-state index >= 15 is 0 Å². The van der Waals surface area contributed by atoms with Gasteiger partial charge in [-0.3, -0.25) is 0 Å². The van der Waals surface area contributed by atoms with Crippen LogP contribution in [-0.2, 0) is 22.6 Å². The molecule has 0 fully saturated rings. The lowest BCUT2D eigenvalue weighted by Crippen LogP contribution is -2.56. The van der Waals surface area contributed by atoms with Crippen LogP contribution in [0.2, 0.25) is 0 Å². The second-order valence-electron chi connectivity index (χ2n) is 5.00. The largest absolute Gasteiger partial charge is 0.500 e. The number of nitrogens with two attached hydrogens (primary N) is 1. The van der Waals surface area contributed by atoms with Gasteiger partial charge in [-0.1, -0.05) is 60.7 Å². The molecular formula is C17H17NO3S. The fourth-order valence-corrected chi connectivity index (χ4v) is 2.16. The molecule has 22 heavy (non-hydrogen) atoms. The number of thiocarbonyl (C=S) groups is 1. The maximum absolute atomic E-state index is 12.3. The highest BCUT2D eigenvalue weighted by Crippen LogP contribution is 2.16. The molecule has 114 valence electrons. The van der Waals surface area contributed by atoms with Gasteiger partial charge in [-0.2, -0.15) is 0 Å². The SMILES string of the molecule is NC(Cc1ccccc1)(C(=O)OCc1ccccc1)C(O)=S. The van der Waals surface area contributed by atoms with E-state index in [2.05, 4.69) is 0 Å². The first-order valence-electron chi connectivity index (χ1n) is 6.80. The van der Waals surface area contributed by atoms with E-state index in [1.807, 2.05) is 60.7 Å². The van der Waals surface area contributed by atoms with E-state index in [0.717, 1.165) is 11.1 Å². The summed E-state index contributed by atoms with van der Waals surface area (Å²) in [6.07, 6.45) is 0.0802. The Hall–Kier alpha value is -2.24. The Labute approximate surface area is 134 Å². The van der Waals surface area contributed by atoms with Crippen molar-refractivity contribution in [2.75, 3.05) is 0 Å². The summed E-state index contributed by atoms with van der Waals surface area (Å²) in [4.78, 5) is 12.3. The van der Waals surface area contributed by atoms with E-state index in [1.54, 1.807) is 0 Å². The van der Waals surface area contributed by atoms with E-state index < -0.39 is 16.6 Å². The van der Waals surface area contributed by atoms with Crippen LogP contribution in [0.3, 0.4) is 0 Å². The highest BCUT2D eigenvalue weighted by atomic mass is 32.1. The third-order valence-corrected chi connectivity index (χ3v) is 3.65. The fourth-order valence-electron chi connectivity index (χ4n) is 2.00. The van der Waals surface area contributed by atoms with E-state index in [-0.39, 0.29) is 13.0 Å². The molecule has 2 aromatic rings. The van der Waals surface area contributed by atoms with E-state index in [1.165, 1.54) is 0 Å². The summed E-state index contributed by atoms with van der Waals surface area (Å²) in [6.45, 7) is 0.0794. The molecule has 3 N–H and O–H groups in total. The minimum Gasteiger partial charge on any atom is -0.500 e. The zero-order chi connectivity index (χ0) is 16.0. The van der Waals surface area contributed by atoms with Crippen LogP contribution >= 0.6 is 12.2 Å². The molecule has 0 amide bonds. The van der Waals surface area contributed by atoms with Gasteiger partial charge in [0.15, 0.2) is 10.6 Å². The number of aliphatic hydroxyl groups excluding tert-OH is 1. The topological polar surface area (TPSA) is 72.6 Å². The van der Waals surface area contributed by atoms with Gasteiger partial charge in [0, 0.05) is 6.42 Å². The van der Waals surface area contributed by atoms with Gasteiger partial charge < -0.3 is 15.6 Å². The second kappa shape index (κ2) is 7.15. The molecule has 0 spiro atoms. The molecule has 0 aromatic heterocycles. The zero-order valence-corrected chi connectivity index (χ0v) is 12.8. The number of ether oxygens (including phenoxy) is 1. The first kappa shape index (κ1) is 16.1. The fraction of sp³-hybridized carbons (Fsp3) is 0.176. The number of esters is 1. The Morgan fingerprint density at radius 1 is 1.05 bits per heavy atom. The predicted molar refractivity (Wildman–Crippen MR) is 88.5 cm³/mol. The van der Waals surface area contributed by atoms with Crippen LogP contribution < -0.4 is 5.73 Å². The number of carbonyl (C=O) groups excluding carboxylic acids is 1. The summed E-state index contributed by atoms with van der Waals surface area (Å²) in [6, 6.07) is 18.4. The first-order chi connectivity index (χ1) is 10.5. The smallest absolute Gasteiger partial charge is 0.335 e. The van der Waals surface area contributed by atoms with Crippen molar-refractivity contribution in [2.24, 2.45) is 5.73 Å². The lowest BCUT2D eigenvalue weighted by Gasteiger charge is -2.25. The second-order valence-corrected chi connectivity index (χ2v) is 5.39. The Kier molecular flexibility index (Phi) is 5.25. The molecule has 0 saturated heterocycles. The summed E-state index contributed by atoms with van der Waals surface area (Å²) >= 11 is 4.77. The highest BCUT2D eigenvalue weighted by molar-refractivity contribution is 7.80. The van der Waals surface area contributed by atoms with E-state index in [9.17, 15) is 9.90 Å². The molecule has 5 heteroatoms. The van der Waals surface area contributed by atoms with Gasteiger partial charge in [0.1, 0.15) is 6.61 Å². The summed E-state index contributed by atoms with van der Waals surface area (Å²) < 4.78 is 5.22. The summed E-state index contributed by atoms with van der Waals surface area (Å²) in [5.74, 6) is -0.743. The standard InChI is InChI=1S/C17H17NO3S/c18-17(16(20)22,11-13-7-3-1-4-8-13)15(19)21-12-14-9-5-2-6-10-14/h1-10H,11-12,18H2,(H,20,22). The van der Waals surface area contributed by atoms with Gasteiger partial charge in [-0.25, -0.2) is 4.79 Å². The molecule has 2 aromatic carbocycles. The van der Waals surface area contributed by atoms with Gasteiger partial charge in [-0.15, -0.1) is 0 Å². The Bertz CT molecular complexity index is 645. The Morgan fingerprint density at radius 2 is 1.55 bits per heavy atom. The number of aliphatic hydroxyl groups is 1. The minimum atomic E-state index is -1.73. The van der Waals surface area contributed by atoms with Crippen LogP contribution in [0.5, 0.6) is 0 Å². The van der Waals surface area contributed by atoms with Gasteiger partial charge in [0.2, 0.25) is 0 Å². The third kappa shape index (κ3) is 3.90. The van der Waals surface area contributed by atoms with E-state index in [4.69, 9.17) is 22.7 Å². The van der Waals surface area contributed by atoms with Crippen LogP contribution in [0.1, 0.15) is 11.1 Å². The lowest BCUT2D eigenvalue weighted by molar-refractivity contribution is -0.149. The van der Waals surface area contributed by atoms with Crippen LogP contribution in [0, 0.1) is 0 Å². The van der Waals surface area contributed by atoms with Crippen LogP contribution in [0.4, 0.5) is 0 Å². The van der Waals surface area contributed by atoms with E-state index in [0.29, 0.717) is 0 Å². The molecule has 0 saturated carbocycles. The van der Waals surface area contributed by atoms with Crippen molar-refractivity contribution < 1.29 is 14.6 Å². The molecule has 0 aliphatic heterocycles. The van der Waals surface area contributed by atoms with Crippen molar-refractivity contribution in [1.82, 2.24) is 0 Å². The number of benzene rings is 2. The molecule has 0 heterocycles. The van der Waals surface area contributed by atoms with Gasteiger partial charge in [-0.05, 0) is 23.3 Å². The summed E-state index contributed by atoms with van der Waals surface area (Å²) in [5, 5.41) is 9.13. The van der Waals surface area contributed by atoms with Crippen molar-refractivity contribution >= 4 is 23.2 Å². The van der Waals surface area contributed by atoms with Gasteiger partial charge in [0.05, 0.1) is 0 Å². The van der Waals surface area contributed by atoms with Crippen molar-refractivity contribution in [3.63, 3.8) is 0 Å². The van der Waals surface area contributed by atoms with Crippen LogP contribution in [0.25, 0.3) is 0 Å². The number of hydrogen-bond donors (Lipinski definition) is 2. The van der Waals surface area contributed by atoms with Gasteiger partial charge >= 0.3 is 5.97 Å². The zero-order valence-electron chi connectivity index (χ0n) is 11.9. The van der Waals surface area contributed by atoms with Crippen molar-refractivity contribution in [1.29, 1.82) is 0 Å². The molecule has 0 bridgehead atoms. The first-order valence-corrected chi connectivity index (χ1v) is 7.20. The molecule has 0 aliphatic carbocycles. The molecule has 2 rings (SSSR count). The normalized spacial score (nSPS) is 13.1. The highest BCUT2D eigenvalue weighted by Gasteiger charge is 2.41. The molecule has 4 nitrogen and oxygen atoms in total. The van der Waals surface area contributed by atoms with Crippen molar-refractivity contribution in [2.45, 2.75) is 18.6 Å².